The molecule has 9 heteroatoms. The molecule has 0 aliphatic carbocycles. The second-order valence-corrected chi connectivity index (χ2v) is 5.63. The van der Waals surface area contributed by atoms with Crippen LogP contribution in [0.15, 0.2) is 54.7 Å². The molecule has 0 unspecified atom stereocenters. The number of carbonyl (C=O) groups is 3. The summed E-state index contributed by atoms with van der Waals surface area (Å²) in [5.41, 5.74) is 6.71. The minimum atomic E-state index is -1.20. The van der Waals surface area contributed by atoms with Crippen LogP contribution in [0.1, 0.15) is 36.8 Å². The van der Waals surface area contributed by atoms with E-state index in [4.69, 9.17) is 21.1 Å². The number of carboxylic acids is 3. The van der Waals surface area contributed by atoms with E-state index in [2.05, 4.69) is 5.10 Å². The van der Waals surface area contributed by atoms with Crippen LogP contribution in [0.4, 0.5) is 5.69 Å². The molecule has 0 saturated heterocycles. The molecule has 144 valence electrons. The SMILES string of the molecule is Cc1c(N)cc(C(=O)O)cc1C(=O)O.O=C(O)c1ccn(-c2ccccc2)n1. The summed E-state index contributed by atoms with van der Waals surface area (Å²) in [5.74, 6) is -3.39. The molecule has 0 aliphatic heterocycles. The van der Waals surface area contributed by atoms with Gasteiger partial charge in [-0.15, -0.1) is 0 Å². The minimum absolute atomic E-state index is 0.0499. The second-order valence-electron chi connectivity index (χ2n) is 5.63. The van der Waals surface area contributed by atoms with Gasteiger partial charge in [0.2, 0.25) is 0 Å². The van der Waals surface area contributed by atoms with Crippen LogP contribution < -0.4 is 5.73 Å². The fraction of sp³-hybridized carbons (Fsp3) is 0.0526. The van der Waals surface area contributed by atoms with Gasteiger partial charge in [0, 0.05) is 11.9 Å². The van der Waals surface area contributed by atoms with Crippen LogP contribution in [0.25, 0.3) is 5.69 Å². The largest absolute Gasteiger partial charge is 0.478 e. The van der Waals surface area contributed by atoms with Crippen LogP contribution >= 0.6 is 0 Å². The first-order valence-corrected chi connectivity index (χ1v) is 7.91. The molecule has 3 aromatic rings. The highest BCUT2D eigenvalue weighted by molar-refractivity contribution is 5.96. The lowest BCUT2D eigenvalue weighted by Crippen LogP contribution is -2.07. The summed E-state index contributed by atoms with van der Waals surface area (Å²) in [5, 5.41) is 30.0. The molecule has 0 spiro atoms. The lowest BCUT2D eigenvalue weighted by atomic mass is 10.0. The third kappa shape index (κ3) is 4.73. The first-order chi connectivity index (χ1) is 13.2. The van der Waals surface area contributed by atoms with Crippen LogP contribution in [-0.4, -0.2) is 43.0 Å². The van der Waals surface area contributed by atoms with E-state index >= 15 is 0 Å². The van der Waals surface area contributed by atoms with Crippen molar-refractivity contribution in [3.8, 4) is 5.69 Å². The molecule has 0 fully saturated rings. The van der Waals surface area contributed by atoms with E-state index in [0.29, 0.717) is 5.56 Å². The van der Waals surface area contributed by atoms with Gasteiger partial charge in [0.15, 0.2) is 5.69 Å². The highest BCUT2D eigenvalue weighted by Crippen LogP contribution is 2.19. The van der Waals surface area contributed by atoms with Gasteiger partial charge in [0.25, 0.3) is 0 Å². The van der Waals surface area contributed by atoms with Crippen LogP contribution in [0.5, 0.6) is 0 Å². The Labute approximate surface area is 159 Å². The summed E-state index contributed by atoms with van der Waals surface area (Å²) in [7, 11) is 0. The molecular weight excluding hydrogens is 366 g/mol. The molecule has 0 aliphatic rings. The Kier molecular flexibility index (Phi) is 6.12. The summed E-state index contributed by atoms with van der Waals surface area (Å²) < 4.78 is 1.53. The number of rotatable bonds is 4. The number of hydrogen-bond acceptors (Lipinski definition) is 5. The topological polar surface area (TPSA) is 156 Å². The average molecular weight is 383 g/mol. The van der Waals surface area contributed by atoms with Crippen molar-refractivity contribution in [1.29, 1.82) is 0 Å². The minimum Gasteiger partial charge on any atom is -0.478 e. The molecule has 0 radical (unpaired) electrons. The number of nitrogens with two attached hydrogens (primary N) is 1. The van der Waals surface area contributed by atoms with Crippen molar-refractivity contribution in [2.45, 2.75) is 6.92 Å². The standard InChI is InChI=1S/C10H8N2O2.C9H9NO4/c13-10(14)9-6-7-12(11-9)8-4-2-1-3-5-8;1-4-6(9(13)14)2-5(8(11)12)3-7(4)10/h1-7H,(H,13,14);2-3H,10H2,1H3,(H,11,12)(H,13,14). The number of aromatic nitrogens is 2. The maximum atomic E-state index is 10.7. The van der Waals surface area contributed by atoms with Crippen LogP contribution in [0.2, 0.25) is 0 Å². The Balaban J connectivity index is 0.000000200. The molecule has 1 aromatic heterocycles. The third-order valence-corrected chi connectivity index (χ3v) is 3.75. The van der Waals surface area contributed by atoms with Crippen molar-refractivity contribution in [3.63, 3.8) is 0 Å². The second kappa shape index (κ2) is 8.49. The summed E-state index contributed by atoms with van der Waals surface area (Å²) in [4.78, 5) is 31.9. The predicted molar refractivity (Wildman–Crippen MR) is 100 cm³/mol. The molecule has 9 nitrogen and oxygen atoms in total. The van der Waals surface area contributed by atoms with Crippen LogP contribution in [0.3, 0.4) is 0 Å². The maximum Gasteiger partial charge on any atom is 0.356 e. The summed E-state index contributed by atoms with van der Waals surface area (Å²) in [6, 6.07) is 13.2. The van der Waals surface area contributed by atoms with Gasteiger partial charge in [0.1, 0.15) is 0 Å². The van der Waals surface area contributed by atoms with Gasteiger partial charge in [0.05, 0.1) is 16.8 Å². The van der Waals surface area contributed by atoms with E-state index in [1.54, 1.807) is 6.20 Å². The third-order valence-electron chi connectivity index (χ3n) is 3.75. The number of nitrogen functional groups attached to an aromatic ring is 1. The molecular formula is C19H17N3O6. The maximum absolute atomic E-state index is 10.7. The quantitative estimate of drug-likeness (QED) is 0.501. The Morgan fingerprint density at radius 1 is 0.929 bits per heavy atom. The first kappa shape index (κ1) is 20.2. The van der Waals surface area contributed by atoms with E-state index in [0.717, 1.165) is 11.8 Å². The average Bonchev–Trinajstić information content (AvgIpc) is 3.15. The molecule has 3 rings (SSSR count). The van der Waals surface area contributed by atoms with Crippen molar-refractivity contribution in [2.24, 2.45) is 0 Å². The number of para-hydroxylation sites is 1. The Morgan fingerprint density at radius 3 is 2.07 bits per heavy atom. The zero-order valence-corrected chi connectivity index (χ0v) is 14.7. The van der Waals surface area contributed by atoms with Crippen LogP contribution in [-0.2, 0) is 0 Å². The Bertz CT molecular complexity index is 1030. The van der Waals surface area contributed by atoms with Gasteiger partial charge < -0.3 is 21.1 Å². The highest BCUT2D eigenvalue weighted by atomic mass is 16.4. The Morgan fingerprint density at radius 2 is 1.57 bits per heavy atom. The van der Waals surface area contributed by atoms with E-state index in [1.165, 1.54) is 23.7 Å². The molecule has 0 saturated carbocycles. The zero-order chi connectivity index (χ0) is 20.8. The van der Waals surface area contributed by atoms with E-state index in [9.17, 15) is 14.4 Å². The lowest BCUT2D eigenvalue weighted by Gasteiger charge is -2.05. The molecule has 0 amide bonds. The summed E-state index contributed by atoms with van der Waals surface area (Å²) in [6.07, 6.45) is 1.62. The molecule has 0 bridgehead atoms. The molecule has 2 aromatic carbocycles. The summed E-state index contributed by atoms with van der Waals surface area (Å²) >= 11 is 0. The lowest BCUT2D eigenvalue weighted by molar-refractivity contribution is 0.0678. The highest BCUT2D eigenvalue weighted by Gasteiger charge is 2.14. The normalized spacial score (nSPS) is 9.89. The molecule has 28 heavy (non-hydrogen) atoms. The van der Waals surface area contributed by atoms with Gasteiger partial charge in [-0.2, -0.15) is 5.10 Å². The number of hydrogen-bond donors (Lipinski definition) is 4. The number of aromatic carboxylic acids is 3. The van der Waals surface area contributed by atoms with Crippen molar-refractivity contribution in [1.82, 2.24) is 9.78 Å². The number of benzene rings is 2. The number of nitrogens with zero attached hydrogens (tertiary/aromatic N) is 2. The molecule has 5 N–H and O–H groups in total. The van der Waals surface area contributed by atoms with Gasteiger partial charge >= 0.3 is 17.9 Å². The number of carboxylic acid groups (broad SMARTS) is 3. The predicted octanol–water partition coefficient (Wildman–Crippen LogP) is 2.54. The first-order valence-electron chi connectivity index (χ1n) is 7.91. The van der Waals surface area contributed by atoms with Crippen molar-refractivity contribution in [3.05, 3.63) is 77.1 Å². The summed E-state index contributed by atoms with van der Waals surface area (Å²) in [6.45, 7) is 1.53. The smallest absolute Gasteiger partial charge is 0.356 e. The van der Waals surface area contributed by atoms with Gasteiger partial charge in [-0.3, -0.25) is 0 Å². The van der Waals surface area contributed by atoms with Gasteiger partial charge in [-0.1, -0.05) is 18.2 Å². The van der Waals surface area contributed by atoms with E-state index < -0.39 is 17.9 Å². The van der Waals surface area contributed by atoms with Crippen molar-refractivity contribution < 1.29 is 29.7 Å². The zero-order valence-electron chi connectivity index (χ0n) is 14.7. The fourth-order valence-corrected chi connectivity index (χ4v) is 2.24. The van der Waals surface area contributed by atoms with Crippen molar-refractivity contribution in [2.75, 3.05) is 5.73 Å². The fourth-order valence-electron chi connectivity index (χ4n) is 2.24. The molecule has 1 heterocycles. The van der Waals surface area contributed by atoms with E-state index in [1.807, 2.05) is 30.3 Å². The van der Waals surface area contributed by atoms with Gasteiger partial charge in [-0.05, 0) is 42.8 Å². The van der Waals surface area contributed by atoms with Crippen molar-refractivity contribution >= 4 is 23.6 Å². The van der Waals surface area contributed by atoms with Gasteiger partial charge in [-0.25, -0.2) is 19.1 Å². The molecule has 0 atom stereocenters. The van der Waals surface area contributed by atoms with E-state index in [-0.39, 0.29) is 22.5 Å². The monoisotopic (exact) mass is 383 g/mol. The van der Waals surface area contributed by atoms with Crippen LogP contribution in [0, 0.1) is 6.92 Å². The number of anilines is 1. The Hall–Kier alpha value is -4.14.